The molecule has 2 aliphatic heterocycles. The summed E-state index contributed by atoms with van der Waals surface area (Å²) in [6.45, 7) is 1.18. The Kier molecular flexibility index (Phi) is 6.13. The number of hydrogen-bond acceptors (Lipinski definition) is 10. The van der Waals surface area contributed by atoms with Crippen LogP contribution in [-0.2, 0) is 17.3 Å². The monoisotopic (exact) mass is 448 g/mol. The van der Waals surface area contributed by atoms with E-state index in [9.17, 15) is 33.6 Å². The standard InChI is InChI=1S/C17H23F3N6O5/c18-17(19,20)14-11-15(24-9(23-14)1-3-25-4-2-21-5-10(25)28)26(7-22-11)16-13(30)12(29)8(6-27)31-16/h7-8,10,12-13,16,21,27-30H,1-6H2/t8-,10?,12-,13-,16-/m1/s1. The van der Waals surface area contributed by atoms with Gasteiger partial charge in [-0.15, -0.1) is 0 Å². The second kappa shape index (κ2) is 8.54. The lowest BCUT2D eigenvalue weighted by molar-refractivity contribution is -0.140. The van der Waals surface area contributed by atoms with E-state index in [0.717, 1.165) is 10.9 Å². The van der Waals surface area contributed by atoms with Gasteiger partial charge < -0.3 is 30.5 Å². The Morgan fingerprint density at radius 1 is 1.19 bits per heavy atom. The number of nitrogens with zero attached hydrogens (tertiary/aromatic N) is 5. The first-order chi connectivity index (χ1) is 14.7. The van der Waals surface area contributed by atoms with Gasteiger partial charge in [-0.05, 0) is 0 Å². The highest BCUT2D eigenvalue weighted by molar-refractivity contribution is 5.74. The Bertz CT molecular complexity index is 928. The molecule has 0 aromatic carbocycles. The van der Waals surface area contributed by atoms with Gasteiger partial charge in [-0.3, -0.25) is 9.47 Å². The zero-order valence-electron chi connectivity index (χ0n) is 16.3. The molecule has 0 amide bonds. The number of piperazine rings is 1. The number of ether oxygens (including phenoxy) is 1. The molecule has 2 aromatic rings. The van der Waals surface area contributed by atoms with Crippen LogP contribution < -0.4 is 5.32 Å². The van der Waals surface area contributed by atoms with Crippen molar-refractivity contribution in [3.8, 4) is 0 Å². The Morgan fingerprint density at radius 2 is 1.97 bits per heavy atom. The van der Waals surface area contributed by atoms with Gasteiger partial charge in [-0.2, -0.15) is 13.2 Å². The highest BCUT2D eigenvalue weighted by Crippen LogP contribution is 2.35. The molecule has 5 N–H and O–H groups in total. The molecule has 0 saturated carbocycles. The Morgan fingerprint density at radius 3 is 2.61 bits per heavy atom. The smallest absolute Gasteiger partial charge is 0.394 e. The largest absolute Gasteiger partial charge is 0.435 e. The molecule has 0 spiro atoms. The molecule has 2 aliphatic rings. The van der Waals surface area contributed by atoms with Gasteiger partial charge in [0.1, 0.15) is 35.9 Å². The molecule has 11 nitrogen and oxygen atoms in total. The Labute approximate surface area is 174 Å². The van der Waals surface area contributed by atoms with Crippen LogP contribution in [0.2, 0.25) is 0 Å². The van der Waals surface area contributed by atoms with Gasteiger partial charge in [0, 0.05) is 32.6 Å². The van der Waals surface area contributed by atoms with Crippen molar-refractivity contribution in [3.05, 3.63) is 17.8 Å². The van der Waals surface area contributed by atoms with Crippen molar-refractivity contribution in [1.29, 1.82) is 0 Å². The summed E-state index contributed by atoms with van der Waals surface area (Å²) < 4.78 is 47.4. The van der Waals surface area contributed by atoms with Crippen LogP contribution in [0, 0.1) is 0 Å². The predicted octanol–water partition coefficient (Wildman–Crippen LogP) is -1.78. The molecule has 2 saturated heterocycles. The van der Waals surface area contributed by atoms with Crippen LogP contribution in [0.1, 0.15) is 17.7 Å². The molecule has 2 fully saturated rings. The third-order valence-corrected chi connectivity index (χ3v) is 5.47. The molecule has 0 bridgehead atoms. The van der Waals surface area contributed by atoms with Crippen LogP contribution in [-0.4, -0.2) is 102 Å². The van der Waals surface area contributed by atoms with E-state index in [0.29, 0.717) is 19.6 Å². The maximum Gasteiger partial charge on any atom is 0.435 e. The fraction of sp³-hybridized carbons (Fsp3) is 0.706. The summed E-state index contributed by atoms with van der Waals surface area (Å²) in [7, 11) is 0. The van der Waals surface area contributed by atoms with Gasteiger partial charge in [0.05, 0.1) is 12.9 Å². The van der Waals surface area contributed by atoms with E-state index in [1.807, 2.05) is 0 Å². The van der Waals surface area contributed by atoms with Crippen LogP contribution in [0.25, 0.3) is 11.2 Å². The fourth-order valence-corrected chi connectivity index (χ4v) is 3.80. The van der Waals surface area contributed by atoms with E-state index in [2.05, 4.69) is 20.3 Å². The molecular formula is C17H23F3N6O5. The first-order valence-corrected chi connectivity index (χ1v) is 9.76. The molecule has 0 radical (unpaired) electrons. The average molecular weight is 448 g/mol. The molecule has 4 rings (SSSR count). The van der Waals surface area contributed by atoms with E-state index in [4.69, 9.17) is 4.74 Å². The fourth-order valence-electron chi connectivity index (χ4n) is 3.80. The summed E-state index contributed by atoms with van der Waals surface area (Å²) in [5, 5.41) is 42.5. The van der Waals surface area contributed by atoms with Crippen molar-refractivity contribution >= 4 is 11.2 Å². The SMILES string of the molecule is OC[C@H]1O[C@@H](n2cnc3c(C(F)(F)F)nc(CCN4CCNCC4O)nc32)[C@H](O)[C@@H]1O. The summed E-state index contributed by atoms with van der Waals surface area (Å²) in [4.78, 5) is 13.3. The molecule has 5 atom stereocenters. The first-order valence-electron chi connectivity index (χ1n) is 9.76. The number of rotatable bonds is 5. The zero-order chi connectivity index (χ0) is 22.3. The van der Waals surface area contributed by atoms with E-state index in [-0.39, 0.29) is 24.4 Å². The number of imidazole rings is 1. The number of nitrogens with one attached hydrogen (secondary N) is 1. The van der Waals surface area contributed by atoms with E-state index in [1.54, 1.807) is 4.90 Å². The lowest BCUT2D eigenvalue weighted by Crippen LogP contribution is -2.51. The first kappa shape index (κ1) is 22.3. The zero-order valence-corrected chi connectivity index (χ0v) is 16.3. The molecule has 2 aromatic heterocycles. The van der Waals surface area contributed by atoms with E-state index in [1.165, 1.54) is 0 Å². The summed E-state index contributed by atoms with van der Waals surface area (Å²) >= 11 is 0. The van der Waals surface area contributed by atoms with Gasteiger partial charge in [0.25, 0.3) is 0 Å². The minimum atomic E-state index is -4.80. The molecule has 1 unspecified atom stereocenters. The maximum absolute atomic E-state index is 13.6. The lowest BCUT2D eigenvalue weighted by atomic mass is 10.1. The average Bonchev–Trinajstić information content (AvgIpc) is 3.27. The van der Waals surface area contributed by atoms with Crippen LogP contribution in [0.4, 0.5) is 13.2 Å². The number of hydrogen-bond donors (Lipinski definition) is 5. The van der Waals surface area contributed by atoms with Crippen molar-refractivity contribution < 1.29 is 38.3 Å². The molecular weight excluding hydrogens is 425 g/mol. The summed E-state index contributed by atoms with van der Waals surface area (Å²) in [5.41, 5.74) is -1.96. The molecule has 14 heteroatoms. The van der Waals surface area contributed by atoms with Crippen molar-refractivity contribution in [3.63, 3.8) is 0 Å². The van der Waals surface area contributed by atoms with E-state index < -0.39 is 54.8 Å². The molecule has 31 heavy (non-hydrogen) atoms. The Hall–Kier alpha value is -1.94. The summed E-state index contributed by atoms with van der Waals surface area (Å²) in [6, 6.07) is 0. The van der Waals surface area contributed by atoms with Gasteiger partial charge in [0.15, 0.2) is 17.6 Å². The number of halogens is 3. The minimum absolute atomic E-state index is 0.0389. The third kappa shape index (κ3) is 4.24. The lowest BCUT2D eigenvalue weighted by Gasteiger charge is -2.32. The number of fused-ring (bicyclic) bond motifs is 1. The number of β-amino-alcohol motifs (C(OH)–C–C–N with tert-alkyl or cyclic N) is 1. The minimum Gasteiger partial charge on any atom is -0.394 e. The highest BCUT2D eigenvalue weighted by atomic mass is 19.4. The Balaban J connectivity index is 1.69. The van der Waals surface area contributed by atoms with Crippen molar-refractivity contribution in [2.24, 2.45) is 0 Å². The normalized spacial score (nSPS) is 30.4. The van der Waals surface area contributed by atoms with Crippen LogP contribution >= 0.6 is 0 Å². The summed E-state index contributed by atoms with van der Waals surface area (Å²) in [5.74, 6) is -0.112. The van der Waals surface area contributed by atoms with Crippen molar-refractivity contribution in [2.75, 3.05) is 32.8 Å². The predicted molar refractivity (Wildman–Crippen MR) is 97.5 cm³/mol. The number of aromatic nitrogens is 4. The topological polar surface area (TPSA) is 149 Å². The maximum atomic E-state index is 13.6. The molecule has 172 valence electrons. The number of aliphatic hydroxyl groups excluding tert-OH is 4. The van der Waals surface area contributed by atoms with Crippen LogP contribution in [0.3, 0.4) is 0 Å². The third-order valence-electron chi connectivity index (χ3n) is 5.47. The van der Waals surface area contributed by atoms with E-state index >= 15 is 0 Å². The van der Waals surface area contributed by atoms with Gasteiger partial charge >= 0.3 is 6.18 Å². The van der Waals surface area contributed by atoms with Gasteiger partial charge in [-0.1, -0.05) is 0 Å². The van der Waals surface area contributed by atoms with Crippen molar-refractivity contribution in [1.82, 2.24) is 29.7 Å². The second-order valence-electron chi connectivity index (χ2n) is 7.51. The van der Waals surface area contributed by atoms with Gasteiger partial charge in [-0.25, -0.2) is 15.0 Å². The summed E-state index contributed by atoms with van der Waals surface area (Å²) in [6.07, 6.45) is -9.81. The van der Waals surface area contributed by atoms with Crippen LogP contribution in [0.5, 0.6) is 0 Å². The van der Waals surface area contributed by atoms with Crippen LogP contribution in [0.15, 0.2) is 6.33 Å². The second-order valence-corrected chi connectivity index (χ2v) is 7.51. The highest BCUT2D eigenvalue weighted by Gasteiger charge is 2.45. The molecule has 0 aliphatic carbocycles. The number of aliphatic hydroxyl groups is 4. The van der Waals surface area contributed by atoms with Gasteiger partial charge in [0.2, 0.25) is 0 Å². The van der Waals surface area contributed by atoms with Crippen molar-refractivity contribution in [2.45, 2.75) is 43.4 Å². The quantitative estimate of drug-likeness (QED) is 0.356. The number of alkyl halides is 3. The molecule has 4 heterocycles.